The molecule has 5 rings (SSSR count). The van der Waals surface area contributed by atoms with Crippen LogP contribution in [0.25, 0.3) is 11.3 Å². The van der Waals surface area contributed by atoms with Crippen molar-refractivity contribution in [1.29, 1.82) is 0 Å². The highest BCUT2D eigenvalue weighted by Crippen LogP contribution is 2.37. The Morgan fingerprint density at radius 3 is 2.40 bits per heavy atom. The number of likely N-dealkylation sites (tertiary alicyclic amines) is 1. The number of nitrogens with two attached hydrogens (primary N) is 1. The Bertz CT molecular complexity index is 1550. The van der Waals surface area contributed by atoms with E-state index in [4.69, 9.17) is 5.73 Å². The second kappa shape index (κ2) is 11.8. The van der Waals surface area contributed by atoms with Gasteiger partial charge in [0.2, 0.25) is 15.9 Å². The maximum atomic E-state index is 13.5. The van der Waals surface area contributed by atoms with E-state index in [0.29, 0.717) is 30.1 Å². The average Bonchev–Trinajstić information content (AvgIpc) is 3.30. The number of halogens is 3. The topological polar surface area (TPSA) is 122 Å². The number of piperidine rings is 1. The Morgan fingerprint density at radius 1 is 1.10 bits per heavy atom. The zero-order valence-corrected chi connectivity index (χ0v) is 24.0. The number of fused-ring (bicyclic) bond motifs is 1. The molecular formula is C29H34F3N5O4S. The lowest BCUT2D eigenvalue weighted by atomic mass is 9.89. The third kappa shape index (κ3) is 6.54. The lowest BCUT2D eigenvalue weighted by Gasteiger charge is -2.33. The van der Waals surface area contributed by atoms with Crippen molar-refractivity contribution in [2.75, 3.05) is 32.4 Å². The SMILES string of the molecule is CS(=O)(=O)N1CCc2c(c(-c3ccc(C(F)(F)F)c(C(N)=O)c3)nn2CC(O)CN2CCC(c3ccccc3)CC2)C1. The van der Waals surface area contributed by atoms with E-state index in [9.17, 15) is 31.5 Å². The summed E-state index contributed by atoms with van der Waals surface area (Å²) < 4.78 is 68.1. The van der Waals surface area contributed by atoms with Crippen molar-refractivity contribution in [3.05, 3.63) is 76.5 Å². The minimum Gasteiger partial charge on any atom is -0.390 e. The van der Waals surface area contributed by atoms with Crippen molar-refractivity contribution >= 4 is 15.9 Å². The van der Waals surface area contributed by atoms with Gasteiger partial charge in [0.1, 0.15) is 0 Å². The summed E-state index contributed by atoms with van der Waals surface area (Å²) in [6, 6.07) is 13.4. The van der Waals surface area contributed by atoms with Gasteiger partial charge in [0.05, 0.1) is 35.7 Å². The number of hydrogen-bond acceptors (Lipinski definition) is 6. The van der Waals surface area contributed by atoms with Gasteiger partial charge in [-0.3, -0.25) is 9.48 Å². The molecule has 0 saturated carbocycles. The monoisotopic (exact) mass is 605 g/mol. The molecule has 42 heavy (non-hydrogen) atoms. The normalized spacial score (nSPS) is 18.1. The smallest absolute Gasteiger partial charge is 0.390 e. The second-order valence-corrected chi connectivity index (χ2v) is 13.0. The fourth-order valence-corrected chi connectivity index (χ4v) is 6.79. The summed E-state index contributed by atoms with van der Waals surface area (Å²) in [5, 5.41) is 15.7. The number of carbonyl (C=O) groups is 1. The lowest BCUT2D eigenvalue weighted by molar-refractivity contribution is -0.137. The Hall–Kier alpha value is -3.26. The highest BCUT2D eigenvalue weighted by Gasteiger charge is 2.36. The van der Waals surface area contributed by atoms with Gasteiger partial charge in [-0.05, 0) is 49.5 Å². The first kappa shape index (κ1) is 30.2. The van der Waals surface area contributed by atoms with E-state index in [1.54, 1.807) is 4.68 Å². The molecule has 0 spiro atoms. The van der Waals surface area contributed by atoms with Crippen LogP contribution in [-0.2, 0) is 35.7 Å². The van der Waals surface area contributed by atoms with E-state index in [1.807, 2.05) is 18.2 Å². The van der Waals surface area contributed by atoms with E-state index in [0.717, 1.165) is 44.3 Å². The quantitative estimate of drug-likeness (QED) is 0.407. The van der Waals surface area contributed by atoms with E-state index in [2.05, 4.69) is 22.1 Å². The van der Waals surface area contributed by atoms with E-state index in [-0.39, 0.29) is 30.9 Å². The number of hydrogen-bond donors (Lipinski definition) is 2. The molecule has 13 heteroatoms. The lowest BCUT2D eigenvalue weighted by Crippen LogP contribution is -2.40. The first-order chi connectivity index (χ1) is 19.8. The van der Waals surface area contributed by atoms with Gasteiger partial charge >= 0.3 is 6.18 Å². The van der Waals surface area contributed by atoms with Gasteiger partial charge < -0.3 is 15.7 Å². The third-order valence-electron chi connectivity index (χ3n) is 8.14. The number of amides is 1. The van der Waals surface area contributed by atoms with E-state index >= 15 is 0 Å². The van der Waals surface area contributed by atoms with E-state index in [1.165, 1.54) is 15.9 Å². The molecule has 9 nitrogen and oxygen atoms in total. The van der Waals surface area contributed by atoms with Crippen LogP contribution in [0.4, 0.5) is 13.2 Å². The number of alkyl halides is 3. The number of aromatic nitrogens is 2. The van der Waals surface area contributed by atoms with Gasteiger partial charge in [0.25, 0.3) is 0 Å². The Kier molecular flexibility index (Phi) is 8.48. The molecule has 2 aromatic carbocycles. The molecule has 0 bridgehead atoms. The number of carbonyl (C=O) groups excluding carboxylic acids is 1. The van der Waals surface area contributed by atoms with Crippen LogP contribution in [0.15, 0.2) is 48.5 Å². The molecule has 1 fully saturated rings. The first-order valence-corrected chi connectivity index (χ1v) is 15.7. The van der Waals surface area contributed by atoms with Crippen LogP contribution in [-0.4, -0.2) is 77.0 Å². The van der Waals surface area contributed by atoms with Crippen LogP contribution in [0.1, 0.15) is 51.5 Å². The van der Waals surface area contributed by atoms with Gasteiger partial charge in [0.15, 0.2) is 0 Å². The molecular weight excluding hydrogens is 571 g/mol. The number of sulfonamides is 1. The van der Waals surface area contributed by atoms with Crippen LogP contribution in [0.5, 0.6) is 0 Å². The number of benzene rings is 2. The summed E-state index contributed by atoms with van der Waals surface area (Å²) >= 11 is 0. The molecule has 2 aliphatic rings. The molecule has 1 unspecified atom stereocenters. The number of aliphatic hydroxyl groups is 1. The van der Waals surface area contributed by atoms with Gasteiger partial charge in [-0.25, -0.2) is 8.42 Å². The molecule has 1 aromatic heterocycles. The van der Waals surface area contributed by atoms with Crippen molar-refractivity contribution in [2.45, 2.75) is 50.6 Å². The highest BCUT2D eigenvalue weighted by molar-refractivity contribution is 7.88. The standard InChI is InChI=1S/C29H34F3N5O4S/c1-42(40,41)36-14-11-26-24(18-36)27(21-7-8-25(29(30,31)32)23(15-21)28(33)39)34-37(26)17-22(38)16-35-12-9-20(10-13-35)19-5-3-2-4-6-19/h2-8,15,20,22,38H,9-14,16-18H2,1H3,(H2,33,39). The summed E-state index contributed by atoms with van der Waals surface area (Å²) in [5.41, 5.74) is 6.44. The zero-order valence-electron chi connectivity index (χ0n) is 23.2. The summed E-state index contributed by atoms with van der Waals surface area (Å²) in [5.74, 6) is -0.756. The Balaban J connectivity index is 1.39. The minimum atomic E-state index is -4.78. The number of rotatable bonds is 8. The molecule has 3 heterocycles. The molecule has 1 saturated heterocycles. The van der Waals surface area contributed by atoms with Crippen LogP contribution in [0.3, 0.4) is 0 Å². The Labute approximate surface area is 242 Å². The van der Waals surface area contributed by atoms with Crippen molar-refractivity contribution < 1.29 is 31.5 Å². The molecule has 0 radical (unpaired) electrons. The van der Waals surface area contributed by atoms with Crippen LogP contribution in [0.2, 0.25) is 0 Å². The summed E-state index contributed by atoms with van der Waals surface area (Å²) in [7, 11) is -3.56. The summed E-state index contributed by atoms with van der Waals surface area (Å²) in [6.07, 6.45) is -2.19. The van der Waals surface area contributed by atoms with Crippen molar-refractivity contribution in [3.63, 3.8) is 0 Å². The Morgan fingerprint density at radius 2 is 1.79 bits per heavy atom. The second-order valence-electron chi connectivity index (χ2n) is 11.1. The van der Waals surface area contributed by atoms with Crippen molar-refractivity contribution in [1.82, 2.24) is 19.0 Å². The van der Waals surface area contributed by atoms with Crippen LogP contribution < -0.4 is 5.73 Å². The molecule has 1 atom stereocenters. The fourth-order valence-electron chi connectivity index (χ4n) is 6.00. The molecule has 3 aromatic rings. The minimum absolute atomic E-state index is 0.0283. The molecule has 2 aliphatic heterocycles. The van der Waals surface area contributed by atoms with Gasteiger partial charge in [0, 0.05) is 42.9 Å². The van der Waals surface area contributed by atoms with Gasteiger partial charge in [-0.15, -0.1) is 0 Å². The first-order valence-electron chi connectivity index (χ1n) is 13.8. The highest BCUT2D eigenvalue weighted by atomic mass is 32.2. The molecule has 3 N–H and O–H groups in total. The predicted molar refractivity (Wildman–Crippen MR) is 151 cm³/mol. The maximum Gasteiger partial charge on any atom is 0.417 e. The van der Waals surface area contributed by atoms with Gasteiger partial charge in [-0.1, -0.05) is 36.4 Å². The number of β-amino-alcohol motifs (C(OH)–C–C–N with tert-alkyl or cyclic N) is 1. The van der Waals surface area contributed by atoms with Gasteiger partial charge in [-0.2, -0.15) is 22.6 Å². The number of aliphatic hydroxyl groups excluding tert-OH is 1. The van der Waals surface area contributed by atoms with Crippen LogP contribution in [0, 0.1) is 0 Å². The van der Waals surface area contributed by atoms with E-state index < -0.39 is 39.3 Å². The maximum absolute atomic E-state index is 13.5. The van der Waals surface area contributed by atoms with Crippen molar-refractivity contribution in [2.24, 2.45) is 5.73 Å². The predicted octanol–water partition coefficient (Wildman–Crippen LogP) is 3.23. The molecule has 226 valence electrons. The summed E-state index contributed by atoms with van der Waals surface area (Å²) in [4.78, 5) is 14.1. The third-order valence-corrected chi connectivity index (χ3v) is 9.39. The molecule has 0 aliphatic carbocycles. The number of nitrogens with zero attached hydrogens (tertiary/aromatic N) is 4. The van der Waals surface area contributed by atoms with Crippen LogP contribution >= 0.6 is 0 Å². The zero-order chi connectivity index (χ0) is 30.2. The fraction of sp³-hybridized carbons (Fsp3) is 0.448. The number of primary amides is 1. The average molecular weight is 606 g/mol. The summed E-state index contributed by atoms with van der Waals surface area (Å²) in [6.45, 7) is 2.41. The van der Waals surface area contributed by atoms with Crippen molar-refractivity contribution in [3.8, 4) is 11.3 Å². The largest absolute Gasteiger partial charge is 0.417 e. The molecule has 1 amide bonds.